The summed E-state index contributed by atoms with van der Waals surface area (Å²) < 4.78 is 0. The van der Waals surface area contributed by atoms with Crippen LogP contribution >= 0.6 is 0 Å². The summed E-state index contributed by atoms with van der Waals surface area (Å²) in [6.07, 6.45) is 5.67. The number of nitrogens with zero attached hydrogens (tertiary/aromatic N) is 3. The number of hydrogen-bond acceptors (Lipinski definition) is 3. The molecule has 1 aromatic carbocycles. The predicted octanol–water partition coefficient (Wildman–Crippen LogP) is 1.42. The van der Waals surface area contributed by atoms with Gasteiger partial charge in [0.1, 0.15) is 0 Å². The maximum Gasteiger partial charge on any atom is 0.254 e. The van der Waals surface area contributed by atoms with Gasteiger partial charge < -0.3 is 19.8 Å². The third kappa shape index (κ3) is 3.13. The van der Waals surface area contributed by atoms with Crippen LogP contribution in [-0.2, 0) is 11.2 Å². The summed E-state index contributed by atoms with van der Waals surface area (Å²) in [7, 11) is 0. The molecule has 3 aromatic rings. The number of amides is 2. The number of aromatic amines is 2. The fraction of sp³-hybridized carbons (Fsp3) is 0.278. The number of carbonyl (C=O) groups excluding carboxylic acids is 2. The Kier molecular flexibility index (Phi) is 3.97. The summed E-state index contributed by atoms with van der Waals surface area (Å²) in [5.74, 6) is 0.0970. The van der Waals surface area contributed by atoms with E-state index < -0.39 is 0 Å². The van der Waals surface area contributed by atoms with Crippen molar-refractivity contribution in [1.29, 1.82) is 0 Å². The fourth-order valence-corrected chi connectivity index (χ4v) is 3.16. The molecule has 3 heterocycles. The average Bonchev–Trinajstić information content (AvgIpc) is 3.32. The Balaban J connectivity index is 1.37. The van der Waals surface area contributed by atoms with Crippen LogP contribution in [0.25, 0.3) is 11.0 Å². The van der Waals surface area contributed by atoms with Gasteiger partial charge in [-0.25, -0.2) is 4.98 Å². The standard InChI is InChI=1S/C18H19N5O2/c24-17(9-13-3-4-19-11-13)22-5-7-23(8-6-22)18(25)14-1-2-15-16(10-14)21-12-20-15/h1-4,10-12,19H,5-9H2,(H,20,21). The van der Waals surface area contributed by atoms with E-state index in [0.717, 1.165) is 16.6 Å². The maximum atomic E-state index is 12.7. The highest BCUT2D eigenvalue weighted by molar-refractivity contribution is 5.97. The van der Waals surface area contributed by atoms with Crippen LogP contribution in [0.15, 0.2) is 43.0 Å². The Labute approximate surface area is 144 Å². The van der Waals surface area contributed by atoms with Crippen molar-refractivity contribution < 1.29 is 9.59 Å². The van der Waals surface area contributed by atoms with Crippen molar-refractivity contribution in [3.8, 4) is 0 Å². The Bertz CT molecular complexity index is 891. The number of rotatable bonds is 3. The lowest BCUT2D eigenvalue weighted by Gasteiger charge is -2.34. The van der Waals surface area contributed by atoms with Gasteiger partial charge in [-0.05, 0) is 29.8 Å². The van der Waals surface area contributed by atoms with Crippen LogP contribution in [0.2, 0.25) is 0 Å². The maximum absolute atomic E-state index is 12.7. The molecular formula is C18H19N5O2. The second-order valence-corrected chi connectivity index (χ2v) is 6.20. The minimum atomic E-state index is -0.00534. The predicted molar refractivity (Wildman–Crippen MR) is 93.1 cm³/mol. The first kappa shape index (κ1) is 15.4. The molecular weight excluding hydrogens is 318 g/mol. The molecule has 7 heteroatoms. The number of fused-ring (bicyclic) bond motifs is 1. The molecule has 0 spiro atoms. The zero-order valence-corrected chi connectivity index (χ0v) is 13.7. The van der Waals surface area contributed by atoms with Crippen molar-refractivity contribution in [2.24, 2.45) is 0 Å². The van der Waals surface area contributed by atoms with Crippen molar-refractivity contribution in [1.82, 2.24) is 24.8 Å². The smallest absolute Gasteiger partial charge is 0.254 e. The normalized spacial score (nSPS) is 14.9. The van der Waals surface area contributed by atoms with Crippen LogP contribution in [0.3, 0.4) is 0 Å². The first-order valence-electron chi connectivity index (χ1n) is 8.32. The molecule has 1 fully saturated rings. The number of hydrogen-bond donors (Lipinski definition) is 2. The molecule has 1 aliphatic rings. The highest BCUT2D eigenvalue weighted by Gasteiger charge is 2.25. The quantitative estimate of drug-likeness (QED) is 0.758. The lowest BCUT2D eigenvalue weighted by Crippen LogP contribution is -2.51. The molecule has 0 aliphatic carbocycles. The monoisotopic (exact) mass is 337 g/mol. The van der Waals surface area contributed by atoms with E-state index in [1.54, 1.807) is 17.3 Å². The summed E-state index contributed by atoms with van der Waals surface area (Å²) in [5.41, 5.74) is 3.32. The summed E-state index contributed by atoms with van der Waals surface area (Å²) in [6.45, 7) is 2.25. The third-order valence-corrected chi connectivity index (χ3v) is 4.60. The number of carbonyl (C=O) groups is 2. The van der Waals surface area contributed by atoms with Gasteiger partial charge in [0.15, 0.2) is 0 Å². The molecule has 7 nitrogen and oxygen atoms in total. The largest absolute Gasteiger partial charge is 0.367 e. The summed E-state index contributed by atoms with van der Waals surface area (Å²) in [4.78, 5) is 38.8. The van der Waals surface area contributed by atoms with Gasteiger partial charge in [0.05, 0.1) is 23.8 Å². The van der Waals surface area contributed by atoms with Crippen molar-refractivity contribution in [3.63, 3.8) is 0 Å². The number of benzene rings is 1. The first-order valence-corrected chi connectivity index (χ1v) is 8.32. The molecule has 4 rings (SSSR count). The molecule has 2 aromatic heterocycles. The molecule has 2 N–H and O–H groups in total. The van der Waals surface area contributed by atoms with Gasteiger partial charge in [-0.1, -0.05) is 0 Å². The van der Waals surface area contributed by atoms with Crippen LogP contribution in [0.4, 0.5) is 0 Å². The van der Waals surface area contributed by atoms with Gasteiger partial charge in [0, 0.05) is 44.1 Å². The molecule has 0 atom stereocenters. The molecule has 2 amide bonds. The molecule has 0 saturated carbocycles. The lowest BCUT2D eigenvalue weighted by atomic mass is 10.1. The topological polar surface area (TPSA) is 85.1 Å². The highest BCUT2D eigenvalue weighted by Crippen LogP contribution is 2.15. The van der Waals surface area contributed by atoms with E-state index in [4.69, 9.17) is 0 Å². The Morgan fingerprint density at radius 1 is 1.08 bits per heavy atom. The number of H-pyrrole nitrogens is 2. The fourth-order valence-electron chi connectivity index (χ4n) is 3.16. The zero-order valence-electron chi connectivity index (χ0n) is 13.7. The van der Waals surface area contributed by atoms with E-state index in [1.165, 1.54) is 0 Å². The van der Waals surface area contributed by atoms with E-state index in [0.29, 0.717) is 38.2 Å². The van der Waals surface area contributed by atoms with Crippen molar-refractivity contribution >= 4 is 22.8 Å². The van der Waals surface area contributed by atoms with E-state index in [2.05, 4.69) is 15.0 Å². The van der Waals surface area contributed by atoms with Gasteiger partial charge in [0.2, 0.25) is 5.91 Å². The van der Waals surface area contributed by atoms with E-state index >= 15 is 0 Å². The summed E-state index contributed by atoms with van der Waals surface area (Å²) in [5, 5.41) is 0. The summed E-state index contributed by atoms with van der Waals surface area (Å²) in [6, 6.07) is 7.38. The SMILES string of the molecule is O=C(Cc1cc[nH]c1)N1CCN(C(=O)c2ccc3nc[nH]c3c2)CC1. The van der Waals surface area contributed by atoms with Gasteiger partial charge in [-0.15, -0.1) is 0 Å². The molecule has 1 aliphatic heterocycles. The number of nitrogens with one attached hydrogen (secondary N) is 2. The highest BCUT2D eigenvalue weighted by atomic mass is 16.2. The molecule has 1 saturated heterocycles. The van der Waals surface area contributed by atoms with Crippen molar-refractivity contribution in [2.45, 2.75) is 6.42 Å². The van der Waals surface area contributed by atoms with Gasteiger partial charge >= 0.3 is 0 Å². The van der Waals surface area contributed by atoms with Crippen LogP contribution in [0.1, 0.15) is 15.9 Å². The van der Waals surface area contributed by atoms with E-state index in [9.17, 15) is 9.59 Å². The van der Waals surface area contributed by atoms with Crippen LogP contribution < -0.4 is 0 Å². The van der Waals surface area contributed by atoms with Crippen LogP contribution in [0.5, 0.6) is 0 Å². The van der Waals surface area contributed by atoms with E-state index in [1.807, 2.05) is 35.5 Å². The Morgan fingerprint density at radius 2 is 1.88 bits per heavy atom. The minimum Gasteiger partial charge on any atom is -0.367 e. The number of aromatic nitrogens is 3. The van der Waals surface area contributed by atoms with Crippen molar-refractivity contribution in [3.05, 3.63) is 54.1 Å². The van der Waals surface area contributed by atoms with Gasteiger partial charge in [0.25, 0.3) is 5.91 Å². The molecule has 128 valence electrons. The first-order chi connectivity index (χ1) is 12.2. The molecule has 0 radical (unpaired) electrons. The van der Waals surface area contributed by atoms with Crippen molar-refractivity contribution in [2.75, 3.05) is 26.2 Å². The zero-order chi connectivity index (χ0) is 17.2. The molecule has 25 heavy (non-hydrogen) atoms. The molecule has 0 unspecified atom stereocenters. The minimum absolute atomic E-state index is 0.00534. The number of piperazine rings is 1. The summed E-state index contributed by atoms with van der Waals surface area (Å²) >= 11 is 0. The van der Waals surface area contributed by atoms with Gasteiger partial charge in [-0.3, -0.25) is 9.59 Å². The lowest BCUT2D eigenvalue weighted by molar-refractivity contribution is -0.131. The Morgan fingerprint density at radius 3 is 2.64 bits per heavy atom. The number of imidazole rings is 1. The van der Waals surface area contributed by atoms with E-state index in [-0.39, 0.29) is 11.8 Å². The second kappa shape index (κ2) is 6.43. The van der Waals surface area contributed by atoms with Gasteiger partial charge in [-0.2, -0.15) is 0 Å². The third-order valence-electron chi connectivity index (χ3n) is 4.60. The average molecular weight is 337 g/mol. The van der Waals surface area contributed by atoms with Crippen LogP contribution in [0, 0.1) is 0 Å². The Hall–Kier alpha value is -3.09. The van der Waals surface area contributed by atoms with Crippen LogP contribution in [-0.4, -0.2) is 62.7 Å². The molecule has 0 bridgehead atoms. The second-order valence-electron chi connectivity index (χ2n) is 6.20.